The molecule has 0 spiro atoms. The maximum absolute atomic E-state index is 13.1. The van der Waals surface area contributed by atoms with Crippen LogP contribution in [-0.4, -0.2) is 35.6 Å². The highest BCUT2D eigenvalue weighted by Gasteiger charge is 2.30. The Kier molecular flexibility index (Phi) is 9.40. The summed E-state index contributed by atoms with van der Waals surface area (Å²) in [5.41, 5.74) is 2.55. The molecular weight excluding hydrogens is 463 g/mol. The van der Waals surface area contributed by atoms with E-state index in [0.717, 1.165) is 61.3 Å². The number of likely N-dealkylation sites (tertiary alicyclic amines) is 1. The fourth-order valence-electron chi connectivity index (χ4n) is 4.91. The van der Waals surface area contributed by atoms with E-state index >= 15 is 0 Å². The van der Waals surface area contributed by atoms with E-state index in [1.165, 1.54) is 12.1 Å². The summed E-state index contributed by atoms with van der Waals surface area (Å²) in [6, 6.07) is 11.1. The molecule has 6 heteroatoms. The van der Waals surface area contributed by atoms with Crippen LogP contribution >= 0.6 is 0 Å². The van der Waals surface area contributed by atoms with Crippen molar-refractivity contribution in [1.29, 1.82) is 0 Å². The highest BCUT2D eigenvalue weighted by Crippen LogP contribution is 2.37. The van der Waals surface area contributed by atoms with Crippen LogP contribution in [0.1, 0.15) is 75.5 Å². The molecule has 1 fully saturated rings. The van der Waals surface area contributed by atoms with E-state index in [9.17, 15) is 23.1 Å². The summed E-state index contributed by atoms with van der Waals surface area (Å²) in [7, 11) is 0. The Labute approximate surface area is 213 Å². The van der Waals surface area contributed by atoms with Crippen molar-refractivity contribution >= 4 is 5.97 Å². The lowest BCUT2D eigenvalue weighted by Gasteiger charge is -2.32. The van der Waals surface area contributed by atoms with Crippen molar-refractivity contribution in [3.63, 3.8) is 0 Å². The van der Waals surface area contributed by atoms with E-state index in [1.807, 2.05) is 32.0 Å². The van der Waals surface area contributed by atoms with Crippen LogP contribution in [0.4, 0.5) is 13.2 Å². The van der Waals surface area contributed by atoms with Crippen molar-refractivity contribution in [2.45, 2.75) is 65.0 Å². The Morgan fingerprint density at radius 1 is 1.03 bits per heavy atom. The number of benzene rings is 2. The van der Waals surface area contributed by atoms with Gasteiger partial charge in [0.15, 0.2) is 0 Å². The van der Waals surface area contributed by atoms with Crippen LogP contribution < -0.4 is 0 Å². The summed E-state index contributed by atoms with van der Waals surface area (Å²) in [5.74, 6) is -0.504. The lowest BCUT2D eigenvalue weighted by molar-refractivity contribution is -0.139. The minimum Gasteiger partial charge on any atom is -0.481 e. The van der Waals surface area contributed by atoms with Gasteiger partial charge in [-0.15, -0.1) is 0 Å². The quantitative estimate of drug-likeness (QED) is 0.354. The van der Waals surface area contributed by atoms with E-state index in [4.69, 9.17) is 0 Å². The number of carboxylic acids is 1. The Morgan fingerprint density at radius 2 is 1.67 bits per heavy atom. The summed E-state index contributed by atoms with van der Waals surface area (Å²) >= 11 is 0. The smallest absolute Gasteiger partial charge is 0.416 e. The molecule has 3 nitrogen and oxygen atoms in total. The van der Waals surface area contributed by atoms with Crippen LogP contribution in [0, 0.1) is 11.8 Å². The molecule has 0 aromatic heterocycles. The maximum Gasteiger partial charge on any atom is 0.416 e. The van der Waals surface area contributed by atoms with Crippen LogP contribution in [0.15, 0.2) is 54.6 Å². The molecule has 1 unspecified atom stereocenters. The lowest BCUT2D eigenvalue weighted by Crippen LogP contribution is -2.33. The first-order valence-electron chi connectivity index (χ1n) is 12.9. The van der Waals surface area contributed by atoms with Crippen molar-refractivity contribution in [3.05, 3.63) is 71.3 Å². The summed E-state index contributed by atoms with van der Waals surface area (Å²) in [4.78, 5) is 14.6. The number of hydrogen-bond donors (Lipinski definition) is 1. The van der Waals surface area contributed by atoms with Crippen molar-refractivity contribution < 1.29 is 23.1 Å². The van der Waals surface area contributed by atoms with Crippen LogP contribution in [0.5, 0.6) is 0 Å². The standard InChI is InChI=1S/C30H38F3NO2/c1-20(2)6-5-13-34-14-11-23(12-15-34)25-17-24(22-7-9-27(10-8-22)30(31,32)33)18-26(19-25)28(29(35)36)16-21(3)4/h5-10,17-21,23,28H,11-16H2,1-4H3,(H,35,36)/b6-5+. The topological polar surface area (TPSA) is 40.5 Å². The number of alkyl halides is 3. The zero-order valence-electron chi connectivity index (χ0n) is 21.7. The first-order valence-corrected chi connectivity index (χ1v) is 12.9. The predicted molar refractivity (Wildman–Crippen MR) is 139 cm³/mol. The summed E-state index contributed by atoms with van der Waals surface area (Å²) < 4.78 is 39.3. The monoisotopic (exact) mass is 501 g/mol. The second kappa shape index (κ2) is 12.1. The molecule has 1 aliphatic rings. The Balaban J connectivity index is 1.92. The fourth-order valence-corrected chi connectivity index (χ4v) is 4.91. The van der Waals surface area contributed by atoms with Gasteiger partial charge in [-0.2, -0.15) is 13.2 Å². The number of halogens is 3. The number of rotatable bonds is 9. The molecule has 1 heterocycles. The molecule has 0 aliphatic carbocycles. The van der Waals surface area contributed by atoms with Crippen LogP contribution in [0.25, 0.3) is 11.1 Å². The van der Waals surface area contributed by atoms with Gasteiger partial charge in [0.2, 0.25) is 0 Å². The van der Waals surface area contributed by atoms with Crippen LogP contribution in [0.3, 0.4) is 0 Å². The molecule has 36 heavy (non-hydrogen) atoms. The molecule has 1 aliphatic heterocycles. The third kappa shape index (κ3) is 7.70. The van der Waals surface area contributed by atoms with Gasteiger partial charge >= 0.3 is 12.1 Å². The molecule has 3 rings (SSSR count). The maximum atomic E-state index is 13.1. The Hall–Kier alpha value is -2.60. The summed E-state index contributed by atoms with van der Waals surface area (Å²) in [5, 5.41) is 9.98. The van der Waals surface area contributed by atoms with E-state index in [1.54, 1.807) is 0 Å². The highest BCUT2D eigenvalue weighted by atomic mass is 19.4. The van der Waals surface area contributed by atoms with Crippen molar-refractivity contribution in [2.75, 3.05) is 19.6 Å². The van der Waals surface area contributed by atoms with E-state index in [-0.39, 0.29) is 11.8 Å². The van der Waals surface area contributed by atoms with Gasteiger partial charge in [-0.05, 0) is 84.5 Å². The zero-order chi connectivity index (χ0) is 26.5. The third-order valence-electron chi connectivity index (χ3n) is 6.87. The van der Waals surface area contributed by atoms with Gasteiger partial charge in [0.05, 0.1) is 11.5 Å². The molecule has 0 amide bonds. The second-order valence-corrected chi connectivity index (χ2v) is 10.7. The van der Waals surface area contributed by atoms with Gasteiger partial charge < -0.3 is 5.11 Å². The second-order valence-electron chi connectivity index (χ2n) is 10.7. The normalized spacial score (nSPS) is 16.8. The van der Waals surface area contributed by atoms with Gasteiger partial charge in [0, 0.05) is 6.54 Å². The molecular formula is C30H38F3NO2. The van der Waals surface area contributed by atoms with Crippen molar-refractivity contribution in [2.24, 2.45) is 11.8 Å². The predicted octanol–water partition coefficient (Wildman–Crippen LogP) is 7.98. The Morgan fingerprint density at radius 3 is 2.19 bits per heavy atom. The molecule has 1 N–H and O–H groups in total. The van der Waals surface area contributed by atoms with Crippen molar-refractivity contribution in [1.82, 2.24) is 4.90 Å². The SMILES string of the molecule is CC(C)/C=C/CN1CCC(c2cc(-c3ccc(C(F)(F)F)cc3)cc(C(CC(C)C)C(=O)O)c2)CC1. The highest BCUT2D eigenvalue weighted by molar-refractivity contribution is 5.77. The number of nitrogens with zero attached hydrogens (tertiary/aromatic N) is 1. The molecule has 2 aromatic carbocycles. The molecule has 2 aromatic rings. The number of piperidine rings is 1. The molecule has 0 radical (unpaired) electrons. The number of carboxylic acid groups (broad SMARTS) is 1. The Bertz CT molecular complexity index is 1030. The van der Waals surface area contributed by atoms with E-state index < -0.39 is 23.6 Å². The summed E-state index contributed by atoms with van der Waals surface area (Å²) in [6.45, 7) is 11.2. The van der Waals surface area contributed by atoms with Crippen LogP contribution in [-0.2, 0) is 11.0 Å². The average Bonchev–Trinajstić information content (AvgIpc) is 2.82. The summed E-state index contributed by atoms with van der Waals surface area (Å²) in [6.07, 6.45) is 2.48. The van der Waals surface area contributed by atoms with E-state index in [0.29, 0.717) is 17.9 Å². The minimum absolute atomic E-state index is 0.200. The lowest BCUT2D eigenvalue weighted by atomic mass is 9.82. The van der Waals surface area contributed by atoms with Crippen LogP contribution in [0.2, 0.25) is 0 Å². The first-order chi connectivity index (χ1) is 16.9. The molecule has 0 saturated carbocycles. The molecule has 1 atom stereocenters. The first kappa shape index (κ1) is 28.0. The number of carbonyl (C=O) groups is 1. The third-order valence-corrected chi connectivity index (χ3v) is 6.87. The van der Waals surface area contributed by atoms with Gasteiger partial charge in [-0.1, -0.05) is 70.2 Å². The largest absolute Gasteiger partial charge is 0.481 e. The number of allylic oxidation sites excluding steroid dienone is 1. The van der Waals surface area contributed by atoms with E-state index in [2.05, 4.69) is 30.9 Å². The van der Waals surface area contributed by atoms with Gasteiger partial charge in [0.25, 0.3) is 0 Å². The molecule has 0 bridgehead atoms. The molecule has 196 valence electrons. The zero-order valence-corrected chi connectivity index (χ0v) is 21.7. The molecule has 1 saturated heterocycles. The minimum atomic E-state index is -4.39. The number of hydrogen-bond acceptors (Lipinski definition) is 2. The fraction of sp³-hybridized carbons (Fsp3) is 0.500. The van der Waals surface area contributed by atoms with Gasteiger partial charge in [-0.25, -0.2) is 0 Å². The van der Waals surface area contributed by atoms with Gasteiger partial charge in [0.1, 0.15) is 0 Å². The van der Waals surface area contributed by atoms with Crippen molar-refractivity contribution in [3.8, 4) is 11.1 Å². The average molecular weight is 502 g/mol. The van der Waals surface area contributed by atoms with Gasteiger partial charge in [-0.3, -0.25) is 9.69 Å². The number of aliphatic carboxylic acids is 1.